The number of oxime groups is 1. The molecule has 9 nitrogen and oxygen atoms in total. The number of carbonyl (C=O) groups is 1. The Bertz CT molecular complexity index is 2010. The van der Waals surface area contributed by atoms with Gasteiger partial charge in [0.2, 0.25) is 11.5 Å². The van der Waals surface area contributed by atoms with Gasteiger partial charge in [-0.25, -0.2) is 18.7 Å². The van der Waals surface area contributed by atoms with Crippen LogP contribution in [0.5, 0.6) is 0 Å². The van der Waals surface area contributed by atoms with Gasteiger partial charge < -0.3 is 14.0 Å². The lowest BCUT2D eigenvalue weighted by molar-refractivity contribution is -0.154. The molecule has 0 saturated heterocycles. The molecule has 0 aliphatic carbocycles. The predicted octanol–water partition coefficient (Wildman–Crippen LogP) is 6.90. The lowest BCUT2D eigenvalue weighted by Gasteiger charge is -2.19. The summed E-state index contributed by atoms with van der Waals surface area (Å²) in [5.41, 5.74) is 1.21. The summed E-state index contributed by atoms with van der Waals surface area (Å²) >= 11 is 0. The fourth-order valence-electron chi connectivity index (χ4n) is 5.31. The third-order valence-corrected chi connectivity index (χ3v) is 7.47. The molecule has 5 aromatic rings. The molecule has 232 valence electrons. The first-order chi connectivity index (χ1) is 21.4. The van der Waals surface area contributed by atoms with Crippen molar-refractivity contribution in [3.63, 3.8) is 0 Å². The SMILES string of the molecule is CC(C)(C)OC(=O)CCCCc1nc2cc(C3=NOC(C)(c4nc5ccc(F)cc5o4)C3)ccc2c(=O)n1-c1ccc(F)cc1. The second-order valence-electron chi connectivity index (χ2n) is 12.3. The number of nitrogens with zero attached hydrogens (tertiary/aromatic N) is 4. The minimum Gasteiger partial charge on any atom is -0.460 e. The molecule has 2 aromatic heterocycles. The normalized spacial score (nSPS) is 16.6. The van der Waals surface area contributed by atoms with Gasteiger partial charge in [-0.2, -0.15) is 0 Å². The monoisotopic (exact) mass is 614 g/mol. The Balaban J connectivity index is 1.29. The van der Waals surface area contributed by atoms with E-state index in [2.05, 4.69) is 10.1 Å². The first-order valence-electron chi connectivity index (χ1n) is 14.7. The van der Waals surface area contributed by atoms with Crippen LogP contribution in [-0.4, -0.2) is 31.8 Å². The van der Waals surface area contributed by atoms with Crippen molar-refractivity contribution in [3.05, 3.63) is 99.9 Å². The zero-order valence-corrected chi connectivity index (χ0v) is 25.4. The van der Waals surface area contributed by atoms with E-state index >= 15 is 0 Å². The summed E-state index contributed by atoms with van der Waals surface area (Å²) < 4.78 is 40.1. The molecule has 1 aliphatic rings. The lowest BCUT2D eigenvalue weighted by Crippen LogP contribution is -2.25. The zero-order valence-electron chi connectivity index (χ0n) is 25.4. The second kappa shape index (κ2) is 11.5. The van der Waals surface area contributed by atoms with Crippen molar-refractivity contribution in [2.45, 2.75) is 71.0 Å². The second-order valence-corrected chi connectivity index (χ2v) is 12.3. The van der Waals surface area contributed by atoms with Gasteiger partial charge in [-0.1, -0.05) is 11.2 Å². The number of aromatic nitrogens is 3. The van der Waals surface area contributed by atoms with E-state index < -0.39 is 22.8 Å². The van der Waals surface area contributed by atoms with Crippen LogP contribution in [0.1, 0.15) is 70.7 Å². The Morgan fingerprint density at radius 1 is 0.978 bits per heavy atom. The summed E-state index contributed by atoms with van der Waals surface area (Å²) in [5.74, 6) is -0.374. The van der Waals surface area contributed by atoms with Gasteiger partial charge in [-0.15, -0.1) is 0 Å². The van der Waals surface area contributed by atoms with E-state index in [-0.39, 0.29) is 23.8 Å². The van der Waals surface area contributed by atoms with Gasteiger partial charge in [0.05, 0.1) is 22.3 Å². The number of esters is 1. The van der Waals surface area contributed by atoms with Crippen LogP contribution in [0.4, 0.5) is 8.78 Å². The molecule has 0 spiro atoms. The quantitative estimate of drug-likeness (QED) is 0.138. The van der Waals surface area contributed by atoms with Gasteiger partial charge in [0.1, 0.15) is 28.6 Å². The summed E-state index contributed by atoms with van der Waals surface area (Å²) in [5, 5.41) is 4.68. The average Bonchev–Trinajstić information content (AvgIpc) is 3.60. The molecule has 0 amide bonds. The van der Waals surface area contributed by atoms with Crippen LogP contribution in [-0.2, 0) is 26.4 Å². The molecule has 0 saturated carbocycles. The molecule has 6 rings (SSSR count). The van der Waals surface area contributed by atoms with E-state index in [1.807, 2.05) is 20.8 Å². The Kier molecular flexibility index (Phi) is 7.72. The van der Waals surface area contributed by atoms with Crippen LogP contribution >= 0.6 is 0 Å². The number of ether oxygens (including phenoxy) is 1. The summed E-state index contributed by atoms with van der Waals surface area (Å²) in [7, 11) is 0. The topological polar surface area (TPSA) is 109 Å². The number of halogens is 2. The first-order valence-corrected chi connectivity index (χ1v) is 14.7. The highest BCUT2D eigenvalue weighted by molar-refractivity contribution is 6.03. The van der Waals surface area contributed by atoms with Crippen LogP contribution in [0.25, 0.3) is 27.7 Å². The van der Waals surface area contributed by atoms with Gasteiger partial charge in [0.15, 0.2) is 5.58 Å². The summed E-state index contributed by atoms with van der Waals surface area (Å²) in [6.45, 7) is 7.25. The van der Waals surface area contributed by atoms with Crippen molar-refractivity contribution in [2.24, 2.45) is 5.16 Å². The predicted molar refractivity (Wildman–Crippen MR) is 164 cm³/mol. The number of aryl methyl sites for hydroxylation is 1. The molecule has 0 N–H and O–H groups in total. The molecule has 1 aliphatic heterocycles. The van der Waals surface area contributed by atoms with Crippen LogP contribution < -0.4 is 5.56 Å². The van der Waals surface area contributed by atoms with Crippen LogP contribution in [0.3, 0.4) is 0 Å². The Morgan fingerprint density at radius 2 is 1.73 bits per heavy atom. The summed E-state index contributed by atoms with van der Waals surface area (Å²) in [4.78, 5) is 41.2. The van der Waals surface area contributed by atoms with Crippen molar-refractivity contribution in [3.8, 4) is 5.69 Å². The van der Waals surface area contributed by atoms with E-state index in [4.69, 9.17) is 19.0 Å². The van der Waals surface area contributed by atoms with Gasteiger partial charge in [-0.3, -0.25) is 14.2 Å². The number of oxazole rings is 1. The maximum absolute atomic E-state index is 13.8. The standard InChI is InChI=1S/C34H32F2N4O5/c1-33(2,3)44-30(41)8-6-5-7-29-37-26-17-20(9-15-24(26)31(42)40(29)23-13-10-21(35)11-14-23)27-19-34(4,45-39-27)32-38-25-16-12-22(36)18-28(25)43-32/h9-18H,5-8,19H2,1-4H3. The van der Waals surface area contributed by atoms with E-state index in [1.165, 1.54) is 41.0 Å². The Hall–Kier alpha value is -4.93. The highest BCUT2D eigenvalue weighted by atomic mass is 19.1. The molecule has 0 radical (unpaired) electrons. The van der Waals surface area contributed by atoms with Crippen LogP contribution in [0.15, 0.2) is 75.0 Å². The Morgan fingerprint density at radius 3 is 2.49 bits per heavy atom. The van der Waals surface area contributed by atoms with Crippen molar-refractivity contribution >= 4 is 33.7 Å². The molecule has 11 heteroatoms. The van der Waals surface area contributed by atoms with Crippen LogP contribution in [0.2, 0.25) is 0 Å². The van der Waals surface area contributed by atoms with Crippen molar-refractivity contribution in [1.29, 1.82) is 0 Å². The molecule has 1 atom stereocenters. The van der Waals surface area contributed by atoms with Crippen molar-refractivity contribution < 1.29 is 27.6 Å². The maximum Gasteiger partial charge on any atom is 0.306 e. The summed E-state index contributed by atoms with van der Waals surface area (Å²) in [6, 6.07) is 15.0. The maximum atomic E-state index is 13.8. The average molecular weight is 615 g/mol. The van der Waals surface area contributed by atoms with Gasteiger partial charge in [0.25, 0.3) is 5.56 Å². The summed E-state index contributed by atoms with van der Waals surface area (Å²) in [6.07, 6.45) is 2.07. The van der Waals surface area contributed by atoms with E-state index in [0.717, 1.165) is 0 Å². The number of benzene rings is 3. The molecule has 0 bridgehead atoms. The zero-order chi connectivity index (χ0) is 31.9. The highest BCUT2D eigenvalue weighted by Gasteiger charge is 2.41. The molecule has 45 heavy (non-hydrogen) atoms. The molecular formula is C34H32F2N4O5. The molecule has 1 unspecified atom stereocenters. The minimum absolute atomic E-state index is 0.239. The largest absolute Gasteiger partial charge is 0.460 e. The lowest BCUT2D eigenvalue weighted by atomic mass is 9.95. The van der Waals surface area contributed by atoms with Gasteiger partial charge in [0, 0.05) is 30.9 Å². The highest BCUT2D eigenvalue weighted by Crippen LogP contribution is 2.37. The van der Waals surface area contributed by atoms with Crippen LogP contribution in [0, 0.1) is 11.6 Å². The Labute approximate surface area is 257 Å². The van der Waals surface area contributed by atoms with E-state index in [0.29, 0.717) is 70.5 Å². The molecule has 3 aromatic carbocycles. The third-order valence-electron chi connectivity index (χ3n) is 7.47. The smallest absolute Gasteiger partial charge is 0.306 e. The number of hydrogen-bond acceptors (Lipinski definition) is 8. The molecular weight excluding hydrogens is 582 g/mol. The third kappa shape index (κ3) is 6.33. The van der Waals surface area contributed by atoms with Gasteiger partial charge >= 0.3 is 5.97 Å². The number of fused-ring (bicyclic) bond motifs is 2. The van der Waals surface area contributed by atoms with E-state index in [9.17, 15) is 18.4 Å². The molecule has 0 fully saturated rings. The number of hydrogen-bond donors (Lipinski definition) is 0. The fraction of sp³-hybridized carbons (Fsp3) is 0.324. The van der Waals surface area contributed by atoms with E-state index in [1.54, 1.807) is 31.2 Å². The minimum atomic E-state index is -1.02. The van der Waals surface area contributed by atoms with Crippen molar-refractivity contribution in [1.82, 2.24) is 14.5 Å². The molecule has 3 heterocycles. The number of unbranched alkanes of at least 4 members (excludes halogenated alkanes) is 1. The number of carbonyl (C=O) groups excluding carboxylic acids is 1. The first kappa shape index (κ1) is 30.1. The fourth-order valence-corrected chi connectivity index (χ4v) is 5.31. The van der Waals surface area contributed by atoms with Gasteiger partial charge in [-0.05, 0) is 89.1 Å². The van der Waals surface area contributed by atoms with Crippen molar-refractivity contribution in [2.75, 3.05) is 0 Å². The number of rotatable bonds is 8.